The van der Waals surface area contributed by atoms with Gasteiger partial charge in [-0.25, -0.2) is 8.78 Å². The Morgan fingerprint density at radius 3 is 2.30 bits per heavy atom. The van der Waals surface area contributed by atoms with Gasteiger partial charge in [0.2, 0.25) is 6.43 Å². The van der Waals surface area contributed by atoms with E-state index in [-0.39, 0.29) is 6.42 Å². The van der Waals surface area contributed by atoms with Gasteiger partial charge in [0.1, 0.15) is 0 Å². The van der Waals surface area contributed by atoms with Crippen LogP contribution in [0.1, 0.15) is 62.0 Å². The van der Waals surface area contributed by atoms with Crippen molar-refractivity contribution in [3.8, 4) is 6.07 Å². The molecule has 0 radical (unpaired) electrons. The molecule has 0 bridgehead atoms. The lowest BCUT2D eigenvalue weighted by molar-refractivity contribution is 0.130. The van der Waals surface area contributed by atoms with E-state index in [9.17, 15) is 8.78 Å². The summed E-state index contributed by atoms with van der Waals surface area (Å²) >= 11 is 0. The smallest absolute Gasteiger partial charge is 0.211 e. The van der Waals surface area contributed by atoms with Crippen molar-refractivity contribution in [3.05, 3.63) is 35.4 Å². The van der Waals surface area contributed by atoms with Crippen molar-refractivity contribution in [3.63, 3.8) is 0 Å². The molecule has 3 heteroatoms. The normalized spacial score (nSPS) is 22.7. The molecule has 108 valence electrons. The van der Waals surface area contributed by atoms with E-state index in [0.29, 0.717) is 23.8 Å². The molecule has 0 aliphatic heterocycles. The SMILES string of the molecule is N#Cc1ccc([C@H]2CC[C@H](CCCC(F)F)CC2)cc1. The van der Waals surface area contributed by atoms with E-state index >= 15 is 0 Å². The number of benzene rings is 1. The van der Waals surface area contributed by atoms with E-state index in [2.05, 4.69) is 18.2 Å². The van der Waals surface area contributed by atoms with Gasteiger partial charge in [-0.15, -0.1) is 0 Å². The number of hydrogen-bond donors (Lipinski definition) is 0. The van der Waals surface area contributed by atoms with Gasteiger partial charge in [-0.2, -0.15) is 5.26 Å². The van der Waals surface area contributed by atoms with E-state index in [4.69, 9.17) is 5.26 Å². The van der Waals surface area contributed by atoms with Crippen LogP contribution in [-0.2, 0) is 0 Å². The third-order valence-corrected chi connectivity index (χ3v) is 4.39. The van der Waals surface area contributed by atoms with Gasteiger partial charge in [-0.1, -0.05) is 18.6 Å². The number of nitriles is 1. The third kappa shape index (κ3) is 4.30. The Labute approximate surface area is 119 Å². The summed E-state index contributed by atoms with van der Waals surface area (Å²) in [6, 6.07) is 10.0. The molecule has 0 aromatic heterocycles. The van der Waals surface area contributed by atoms with Crippen molar-refractivity contribution in [1.82, 2.24) is 0 Å². The summed E-state index contributed by atoms with van der Waals surface area (Å²) in [5, 5.41) is 8.79. The van der Waals surface area contributed by atoms with Gasteiger partial charge in [0.25, 0.3) is 0 Å². The van der Waals surface area contributed by atoms with Crippen LogP contribution < -0.4 is 0 Å². The van der Waals surface area contributed by atoms with Crippen LogP contribution in [0.4, 0.5) is 8.78 Å². The number of rotatable bonds is 5. The molecule has 1 aliphatic rings. The Kier molecular flexibility index (Phi) is 5.52. The van der Waals surface area contributed by atoms with E-state index < -0.39 is 6.43 Å². The molecule has 1 nitrogen and oxygen atoms in total. The van der Waals surface area contributed by atoms with Crippen LogP contribution >= 0.6 is 0 Å². The van der Waals surface area contributed by atoms with Crippen molar-refractivity contribution < 1.29 is 8.78 Å². The zero-order valence-electron chi connectivity index (χ0n) is 11.7. The zero-order valence-corrected chi connectivity index (χ0v) is 11.7. The summed E-state index contributed by atoms with van der Waals surface area (Å²) in [6.45, 7) is 0. The van der Waals surface area contributed by atoms with Gasteiger partial charge >= 0.3 is 0 Å². The molecule has 2 rings (SSSR count). The number of alkyl halides is 2. The highest BCUT2D eigenvalue weighted by Crippen LogP contribution is 2.37. The topological polar surface area (TPSA) is 23.8 Å². The second-order valence-corrected chi connectivity index (χ2v) is 5.77. The lowest BCUT2D eigenvalue weighted by atomic mass is 9.77. The molecule has 0 amide bonds. The average Bonchev–Trinajstić information content (AvgIpc) is 2.48. The lowest BCUT2D eigenvalue weighted by Crippen LogP contribution is -2.13. The Bertz CT molecular complexity index is 439. The first-order chi connectivity index (χ1) is 9.69. The van der Waals surface area contributed by atoms with Gasteiger partial charge < -0.3 is 0 Å². The molecule has 1 aliphatic carbocycles. The van der Waals surface area contributed by atoms with Crippen LogP contribution in [0.15, 0.2) is 24.3 Å². The number of nitrogens with zero attached hydrogens (tertiary/aromatic N) is 1. The van der Waals surface area contributed by atoms with E-state index in [1.54, 1.807) is 0 Å². The van der Waals surface area contributed by atoms with Gasteiger partial charge in [-0.3, -0.25) is 0 Å². The molecular formula is C17H21F2N. The van der Waals surface area contributed by atoms with Crippen molar-refractivity contribution in [2.75, 3.05) is 0 Å². The molecule has 0 saturated heterocycles. The summed E-state index contributed by atoms with van der Waals surface area (Å²) in [5.41, 5.74) is 2.02. The van der Waals surface area contributed by atoms with Gasteiger partial charge in [-0.05, 0) is 61.6 Å². The van der Waals surface area contributed by atoms with Crippen LogP contribution in [0.5, 0.6) is 0 Å². The lowest BCUT2D eigenvalue weighted by Gasteiger charge is -2.28. The predicted molar refractivity (Wildman–Crippen MR) is 75.7 cm³/mol. The molecule has 0 unspecified atom stereocenters. The van der Waals surface area contributed by atoms with Gasteiger partial charge in [0, 0.05) is 6.42 Å². The highest BCUT2D eigenvalue weighted by molar-refractivity contribution is 5.33. The molecule has 0 spiro atoms. The van der Waals surface area contributed by atoms with Crippen molar-refractivity contribution in [2.45, 2.75) is 57.3 Å². The van der Waals surface area contributed by atoms with E-state index in [1.807, 2.05) is 12.1 Å². The molecule has 1 aromatic carbocycles. The standard InChI is InChI=1S/C17H21F2N/c18-17(19)3-1-2-13-4-8-15(9-5-13)16-10-6-14(12-20)7-11-16/h6-7,10-11,13,15,17H,1-5,8-9H2/t13-,15-. The Morgan fingerprint density at radius 2 is 1.75 bits per heavy atom. The summed E-state index contributed by atoms with van der Waals surface area (Å²) in [6.07, 6.45) is 4.09. The van der Waals surface area contributed by atoms with Crippen LogP contribution in [-0.4, -0.2) is 6.43 Å². The minimum atomic E-state index is -2.15. The highest BCUT2D eigenvalue weighted by atomic mass is 19.3. The molecule has 1 aromatic rings. The maximum atomic E-state index is 12.1. The first-order valence-corrected chi connectivity index (χ1v) is 7.47. The minimum absolute atomic E-state index is 0.0511. The Balaban J connectivity index is 1.77. The number of hydrogen-bond acceptors (Lipinski definition) is 1. The number of halogens is 2. The minimum Gasteiger partial charge on any atom is -0.211 e. The molecule has 0 heterocycles. The predicted octanol–water partition coefficient (Wildman–Crippen LogP) is 5.27. The summed E-state index contributed by atoms with van der Waals surface area (Å²) < 4.78 is 24.2. The molecule has 0 atom stereocenters. The first-order valence-electron chi connectivity index (χ1n) is 7.47. The zero-order chi connectivity index (χ0) is 14.4. The summed E-state index contributed by atoms with van der Waals surface area (Å²) in [4.78, 5) is 0. The summed E-state index contributed by atoms with van der Waals surface area (Å²) in [7, 11) is 0. The Morgan fingerprint density at radius 1 is 1.10 bits per heavy atom. The third-order valence-electron chi connectivity index (χ3n) is 4.39. The second kappa shape index (κ2) is 7.38. The Hall–Kier alpha value is -1.43. The van der Waals surface area contributed by atoms with Crippen LogP contribution in [0.2, 0.25) is 0 Å². The van der Waals surface area contributed by atoms with Crippen LogP contribution in [0.3, 0.4) is 0 Å². The van der Waals surface area contributed by atoms with Crippen molar-refractivity contribution >= 4 is 0 Å². The molecular weight excluding hydrogens is 256 g/mol. The maximum Gasteiger partial charge on any atom is 0.238 e. The molecule has 0 N–H and O–H groups in total. The summed E-state index contributed by atoms with van der Waals surface area (Å²) in [5.74, 6) is 1.21. The van der Waals surface area contributed by atoms with E-state index in [0.717, 1.165) is 32.1 Å². The fourth-order valence-electron chi connectivity index (χ4n) is 3.18. The quantitative estimate of drug-likeness (QED) is 0.719. The maximum absolute atomic E-state index is 12.1. The van der Waals surface area contributed by atoms with Gasteiger partial charge in [0.15, 0.2) is 0 Å². The fourth-order valence-corrected chi connectivity index (χ4v) is 3.18. The van der Waals surface area contributed by atoms with Crippen LogP contribution in [0, 0.1) is 17.2 Å². The largest absolute Gasteiger partial charge is 0.238 e. The molecule has 1 fully saturated rings. The monoisotopic (exact) mass is 277 g/mol. The molecule has 20 heavy (non-hydrogen) atoms. The second-order valence-electron chi connectivity index (χ2n) is 5.77. The highest BCUT2D eigenvalue weighted by Gasteiger charge is 2.22. The average molecular weight is 277 g/mol. The van der Waals surface area contributed by atoms with E-state index in [1.165, 1.54) is 5.56 Å². The fraction of sp³-hybridized carbons (Fsp3) is 0.588. The van der Waals surface area contributed by atoms with Crippen LogP contribution in [0.25, 0.3) is 0 Å². The van der Waals surface area contributed by atoms with Gasteiger partial charge in [0.05, 0.1) is 11.6 Å². The first kappa shape index (κ1) is 15.0. The molecule has 1 saturated carbocycles. The van der Waals surface area contributed by atoms with Crippen molar-refractivity contribution in [2.24, 2.45) is 5.92 Å². The van der Waals surface area contributed by atoms with Crippen molar-refractivity contribution in [1.29, 1.82) is 5.26 Å².